The normalized spacial score (nSPS) is 10.9. The van der Waals surface area contributed by atoms with E-state index in [9.17, 15) is 4.79 Å². The summed E-state index contributed by atoms with van der Waals surface area (Å²) in [5.74, 6) is 1.40. The molecule has 0 spiro atoms. The van der Waals surface area contributed by atoms with Gasteiger partial charge in [0.1, 0.15) is 0 Å². The number of thiazole rings is 1. The molecule has 0 saturated heterocycles. The van der Waals surface area contributed by atoms with Crippen LogP contribution >= 0.6 is 23.7 Å². The first-order valence-electron chi connectivity index (χ1n) is 12.8. The number of anilines is 1. The lowest BCUT2D eigenvalue weighted by molar-refractivity contribution is 0.0982. The first-order valence-corrected chi connectivity index (χ1v) is 13.7. The quantitative estimate of drug-likeness (QED) is 0.242. The van der Waals surface area contributed by atoms with Crippen molar-refractivity contribution in [1.29, 1.82) is 0 Å². The summed E-state index contributed by atoms with van der Waals surface area (Å²) < 4.78 is 18.6. The summed E-state index contributed by atoms with van der Waals surface area (Å²) in [7, 11) is 0. The predicted molar refractivity (Wildman–Crippen MR) is 156 cm³/mol. The maximum Gasteiger partial charge on any atom is 0.260 e. The molecular weight excluding hydrogens is 510 g/mol. The molecule has 0 bridgehead atoms. The minimum Gasteiger partial charge on any atom is -0.490 e. The predicted octanol–water partition coefficient (Wildman–Crippen LogP) is 6.52. The summed E-state index contributed by atoms with van der Waals surface area (Å²) in [5, 5.41) is 0.692. The van der Waals surface area contributed by atoms with Crippen LogP contribution in [0.15, 0.2) is 24.3 Å². The third-order valence-electron chi connectivity index (χ3n) is 6.16. The molecule has 9 heteroatoms. The molecule has 0 aliphatic rings. The summed E-state index contributed by atoms with van der Waals surface area (Å²) in [6.45, 7) is 18.7. The standard InChI is InChI=1S/C28H39N3O4S.ClH/c1-8-30(9-2)13-14-31(28-29-22-15-19(6)20(7)16-25(22)36-28)27(32)21-17-23(33-10-3)26(35-12-5)24(18-21)34-11-4;/h15-18H,8-14H2,1-7H3;1H. The van der Waals surface area contributed by atoms with Gasteiger partial charge in [0.25, 0.3) is 5.91 Å². The number of carbonyl (C=O) groups is 1. The van der Waals surface area contributed by atoms with Gasteiger partial charge in [0.2, 0.25) is 5.75 Å². The van der Waals surface area contributed by atoms with Gasteiger partial charge in [0, 0.05) is 18.7 Å². The Balaban J connectivity index is 0.00000481. The Bertz CT molecular complexity index is 1110. The number of hydrogen-bond donors (Lipinski definition) is 0. The summed E-state index contributed by atoms with van der Waals surface area (Å²) in [5.41, 5.74) is 3.80. The Hall–Kier alpha value is -2.55. The van der Waals surface area contributed by atoms with E-state index in [2.05, 4.69) is 44.7 Å². The van der Waals surface area contributed by atoms with Crippen LogP contribution in [0.4, 0.5) is 5.13 Å². The number of halogens is 1. The first kappa shape index (κ1) is 30.7. The SMILES string of the molecule is CCOc1cc(C(=O)N(CCN(CC)CC)c2nc3cc(C)c(C)cc3s2)cc(OCC)c1OCC.Cl. The van der Waals surface area contributed by atoms with E-state index in [1.54, 1.807) is 28.4 Å². The van der Waals surface area contributed by atoms with E-state index in [1.165, 1.54) is 11.1 Å². The van der Waals surface area contributed by atoms with E-state index in [0.717, 1.165) is 29.9 Å². The zero-order valence-electron chi connectivity index (χ0n) is 23.1. The molecule has 204 valence electrons. The lowest BCUT2D eigenvalue weighted by Gasteiger charge is -2.25. The second-order valence-electron chi connectivity index (χ2n) is 8.48. The van der Waals surface area contributed by atoms with E-state index in [0.29, 0.717) is 54.3 Å². The van der Waals surface area contributed by atoms with Crippen molar-refractivity contribution < 1.29 is 19.0 Å². The van der Waals surface area contributed by atoms with Gasteiger partial charge in [-0.05, 0) is 83.1 Å². The van der Waals surface area contributed by atoms with Crippen molar-refractivity contribution in [3.05, 3.63) is 41.0 Å². The van der Waals surface area contributed by atoms with Gasteiger partial charge >= 0.3 is 0 Å². The Morgan fingerprint density at radius 2 is 1.41 bits per heavy atom. The van der Waals surface area contributed by atoms with Crippen molar-refractivity contribution in [1.82, 2.24) is 9.88 Å². The molecule has 0 atom stereocenters. The number of ether oxygens (including phenoxy) is 3. The van der Waals surface area contributed by atoms with Crippen molar-refractivity contribution in [3.8, 4) is 17.2 Å². The van der Waals surface area contributed by atoms with E-state index in [-0.39, 0.29) is 18.3 Å². The number of hydrogen-bond acceptors (Lipinski definition) is 7. The maximum absolute atomic E-state index is 14.0. The van der Waals surface area contributed by atoms with Gasteiger partial charge in [-0.1, -0.05) is 25.2 Å². The van der Waals surface area contributed by atoms with Crippen LogP contribution in [0.2, 0.25) is 0 Å². The molecule has 0 saturated carbocycles. The molecule has 0 radical (unpaired) electrons. The third-order valence-corrected chi connectivity index (χ3v) is 7.20. The molecule has 7 nitrogen and oxygen atoms in total. The number of aromatic nitrogens is 1. The Kier molecular flexibility index (Phi) is 11.9. The molecule has 0 fully saturated rings. The van der Waals surface area contributed by atoms with Gasteiger partial charge in [-0.25, -0.2) is 4.98 Å². The zero-order chi connectivity index (χ0) is 26.2. The first-order chi connectivity index (χ1) is 17.4. The van der Waals surface area contributed by atoms with Crippen LogP contribution in [0.1, 0.15) is 56.1 Å². The van der Waals surface area contributed by atoms with Gasteiger partial charge in [-0.15, -0.1) is 12.4 Å². The molecule has 0 unspecified atom stereocenters. The molecule has 2 aromatic carbocycles. The smallest absolute Gasteiger partial charge is 0.260 e. The van der Waals surface area contributed by atoms with Crippen LogP contribution in [0.25, 0.3) is 10.2 Å². The molecule has 3 aromatic rings. The number of amides is 1. The molecule has 0 aliphatic carbocycles. The largest absolute Gasteiger partial charge is 0.490 e. The molecule has 3 rings (SSSR count). The van der Waals surface area contributed by atoms with Crippen LogP contribution in [-0.2, 0) is 0 Å². The van der Waals surface area contributed by atoms with Crippen LogP contribution in [0.3, 0.4) is 0 Å². The number of nitrogens with zero attached hydrogens (tertiary/aromatic N) is 3. The van der Waals surface area contributed by atoms with Crippen molar-refractivity contribution >= 4 is 45.0 Å². The minimum atomic E-state index is -0.139. The van der Waals surface area contributed by atoms with Gasteiger partial charge in [0.05, 0.1) is 30.0 Å². The highest BCUT2D eigenvalue weighted by Gasteiger charge is 2.25. The van der Waals surface area contributed by atoms with Crippen molar-refractivity contribution in [3.63, 3.8) is 0 Å². The lowest BCUT2D eigenvalue weighted by Crippen LogP contribution is -2.38. The summed E-state index contributed by atoms with van der Waals surface area (Å²) in [6, 6.07) is 7.75. The molecule has 37 heavy (non-hydrogen) atoms. The summed E-state index contributed by atoms with van der Waals surface area (Å²) in [6.07, 6.45) is 0. The van der Waals surface area contributed by atoms with Crippen molar-refractivity contribution in [2.24, 2.45) is 0 Å². The average molecular weight is 550 g/mol. The fourth-order valence-electron chi connectivity index (χ4n) is 4.02. The number of fused-ring (bicyclic) bond motifs is 1. The van der Waals surface area contributed by atoms with E-state index in [4.69, 9.17) is 19.2 Å². The minimum absolute atomic E-state index is 0. The monoisotopic (exact) mass is 549 g/mol. The van der Waals surface area contributed by atoms with E-state index in [1.807, 2.05) is 20.8 Å². The molecule has 1 aromatic heterocycles. The molecule has 0 N–H and O–H groups in total. The van der Waals surface area contributed by atoms with Gasteiger partial charge in [-0.3, -0.25) is 9.69 Å². The highest BCUT2D eigenvalue weighted by molar-refractivity contribution is 7.22. The Morgan fingerprint density at radius 1 is 0.838 bits per heavy atom. The van der Waals surface area contributed by atoms with Gasteiger partial charge < -0.3 is 19.1 Å². The van der Waals surface area contributed by atoms with Gasteiger partial charge in [0.15, 0.2) is 16.6 Å². The summed E-state index contributed by atoms with van der Waals surface area (Å²) >= 11 is 1.55. The zero-order valence-corrected chi connectivity index (χ0v) is 24.7. The van der Waals surface area contributed by atoms with Crippen LogP contribution < -0.4 is 19.1 Å². The lowest BCUT2D eigenvalue weighted by atomic mass is 10.1. The van der Waals surface area contributed by atoms with Gasteiger partial charge in [-0.2, -0.15) is 0 Å². The second kappa shape index (κ2) is 14.4. The third kappa shape index (κ3) is 7.27. The van der Waals surface area contributed by atoms with Crippen LogP contribution in [0, 0.1) is 13.8 Å². The molecule has 1 amide bonds. The van der Waals surface area contributed by atoms with Crippen molar-refractivity contribution in [2.75, 3.05) is 50.9 Å². The number of likely N-dealkylation sites (N-methyl/N-ethyl adjacent to an activating group) is 1. The highest BCUT2D eigenvalue weighted by atomic mass is 35.5. The maximum atomic E-state index is 14.0. The number of carbonyl (C=O) groups excluding carboxylic acids is 1. The fraction of sp³-hybridized carbons (Fsp3) is 0.500. The van der Waals surface area contributed by atoms with Crippen LogP contribution in [0.5, 0.6) is 17.2 Å². The number of aryl methyl sites for hydroxylation is 2. The van der Waals surface area contributed by atoms with E-state index < -0.39 is 0 Å². The summed E-state index contributed by atoms with van der Waals surface area (Å²) in [4.78, 5) is 23.0. The number of benzene rings is 2. The second-order valence-corrected chi connectivity index (χ2v) is 9.49. The highest BCUT2D eigenvalue weighted by Crippen LogP contribution is 2.40. The van der Waals surface area contributed by atoms with Crippen LogP contribution in [-0.4, -0.2) is 61.8 Å². The average Bonchev–Trinajstić information content (AvgIpc) is 3.26. The Morgan fingerprint density at radius 3 is 1.95 bits per heavy atom. The Labute approximate surface area is 231 Å². The topological polar surface area (TPSA) is 64.1 Å². The fourth-order valence-corrected chi connectivity index (χ4v) is 5.09. The van der Waals surface area contributed by atoms with Crippen molar-refractivity contribution in [2.45, 2.75) is 48.5 Å². The molecule has 1 heterocycles. The molecule has 0 aliphatic heterocycles. The number of rotatable bonds is 13. The van der Waals surface area contributed by atoms with E-state index >= 15 is 0 Å². The molecular formula is C28H40ClN3O4S.